The molecule has 1 aromatic carbocycles. The van der Waals surface area contributed by atoms with Crippen LogP contribution < -0.4 is 5.32 Å². The summed E-state index contributed by atoms with van der Waals surface area (Å²) in [5, 5.41) is 3.60. The number of benzene rings is 1. The van der Waals surface area contributed by atoms with Crippen LogP contribution >= 0.6 is 0 Å². The fourth-order valence-corrected chi connectivity index (χ4v) is 2.73. The summed E-state index contributed by atoms with van der Waals surface area (Å²) in [6, 6.07) is 6.47. The molecule has 0 aliphatic heterocycles. The molecular weight excluding hydrogens is 236 g/mol. The van der Waals surface area contributed by atoms with Gasteiger partial charge in [-0.1, -0.05) is 13.0 Å². The Morgan fingerprint density at radius 1 is 1.32 bits per heavy atom. The molecule has 0 bridgehead atoms. The number of hydrogen-bond donors (Lipinski definition) is 1. The maximum Gasteiger partial charge on any atom is 0.253 e. The van der Waals surface area contributed by atoms with Crippen LogP contribution in [0, 0.1) is 12.8 Å². The Morgan fingerprint density at radius 2 is 2.05 bits per heavy atom. The van der Waals surface area contributed by atoms with E-state index in [0.29, 0.717) is 6.04 Å². The third-order valence-corrected chi connectivity index (χ3v) is 3.95. The van der Waals surface area contributed by atoms with Crippen molar-refractivity contribution >= 4 is 11.6 Å². The Kier molecular flexibility index (Phi) is 4.13. The summed E-state index contributed by atoms with van der Waals surface area (Å²) >= 11 is 0. The maximum atomic E-state index is 12.0. The molecule has 2 unspecified atom stereocenters. The summed E-state index contributed by atoms with van der Waals surface area (Å²) in [6.45, 7) is 4.39. The summed E-state index contributed by atoms with van der Waals surface area (Å²) in [4.78, 5) is 13.6. The van der Waals surface area contributed by atoms with Gasteiger partial charge in [0.05, 0.1) is 0 Å². The molecule has 19 heavy (non-hydrogen) atoms. The average Bonchev–Trinajstić information content (AvgIpc) is 2.76. The predicted molar refractivity (Wildman–Crippen MR) is 79.6 cm³/mol. The number of anilines is 1. The van der Waals surface area contributed by atoms with Crippen molar-refractivity contribution < 1.29 is 4.79 Å². The predicted octanol–water partition coefficient (Wildman–Crippen LogP) is 3.30. The third kappa shape index (κ3) is 3.28. The Hall–Kier alpha value is -1.51. The summed E-state index contributed by atoms with van der Waals surface area (Å²) in [7, 11) is 3.57. The van der Waals surface area contributed by atoms with Gasteiger partial charge in [-0.2, -0.15) is 0 Å². The van der Waals surface area contributed by atoms with E-state index < -0.39 is 0 Å². The van der Waals surface area contributed by atoms with Gasteiger partial charge >= 0.3 is 0 Å². The van der Waals surface area contributed by atoms with Crippen LogP contribution in [-0.4, -0.2) is 30.9 Å². The Bertz CT molecular complexity index is 468. The van der Waals surface area contributed by atoms with E-state index in [0.717, 1.165) is 17.2 Å². The SMILES string of the molecule is Cc1ccc(C(=O)N(C)C)cc1NC1CCC(C)C1. The molecular formula is C16H24N2O. The number of hydrogen-bond acceptors (Lipinski definition) is 2. The van der Waals surface area contributed by atoms with Crippen LogP contribution in [0.15, 0.2) is 18.2 Å². The first kappa shape index (κ1) is 13.9. The standard InChI is InChI=1S/C16H24N2O/c1-11-5-8-14(9-11)17-15-10-13(7-6-12(15)2)16(19)18(3)4/h6-7,10-11,14,17H,5,8-9H2,1-4H3. The van der Waals surface area contributed by atoms with Crippen LogP contribution in [0.2, 0.25) is 0 Å². The van der Waals surface area contributed by atoms with E-state index in [-0.39, 0.29) is 5.91 Å². The number of amides is 1. The Morgan fingerprint density at radius 3 is 2.63 bits per heavy atom. The molecule has 0 aromatic heterocycles. The van der Waals surface area contributed by atoms with Crippen molar-refractivity contribution in [2.75, 3.05) is 19.4 Å². The first-order valence-corrected chi connectivity index (χ1v) is 7.06. The highest BCUT2D eigenvalue weighted by Crippen LogP contribution is 2.29. The lowest BCUT2D eigenvalue weighted by molar-refractivity contribution is 0.0827. The van der Waals surface area contributed by atoms with Crippen molar-refractivity contribution in [2.45, 2.75) is 39.2 Å². The number of aryl methyl sites for hydroxylation is 1. The summed E-state index contributed by atoms with van der Waals surface area (Å²) < 4.78 is 0. The molecule has 3 heteroatoms. The van der Waals surface area contributed by atoms with Crippen LogP contribution in [0.3, 0.4) is 0 Å². The lowest BCUT2D eigenvalue weighted by atomic mass is 10.1. The fraction of sp³-hybridized carbons (Fsp3) is 0.562. The summed E-state index contributed by atoms with van der Waals surface area (Å²) in [5.74, 6) is 0.868. The highest BCUT2D eigenvalue weighted by atomic mass is 16.2. The van der Waals surface area contributed by atoms with Gasteiger partial charge in [-0.05, 0) is 49.8 Å². The molecule has 1 aromatic rings. The number of rotatable bonds is 3. The van der Waals surface area contributed by atoms with E-state index in [1.54, 1.807) is 19.0 Å². The van der Waals surface area contributed by atoms with Gasteiger partial charge in [-0.3, -0.25) is 4.79 Å². The van der Waals surface area contributed by atoms with E-state index >= 15 is 0 Å². The van der Waals surface area contributed by atoms with Gasteiger partial charge in [0.2, 0.25) is 0 Å². The Labute approximate surface area is 116 Å². The fourth-order valence-electron chi connectivity index (χ4n) is 2.73. The van der Waals surface area contributed by atoms with Gasteiger partial charge in [-0.15, -0.1) is 0 Å². The van der Waals surface area contributed by atoms with E-state index in [1.165, 1.54) is 24.8 Å². The van der Waals surface area contributed by atoms with Crippen LogP contribution in [0.25, 0.3) is 0 Å². The zero-order valence-electron chi connectivity index (χ0n) is 12.4. The second-order valence-electron chi connectivity index (χ2n) is 5.99. The normalized spacial score (nSPS) is 22.3. The second kappa shape index (κ2) is 5.64. The zero-order chi connectivity index (χ0) is 14.0. The van der Waals surface area contributed by atoms with Crippen molar-refractivity contribution in [2.24, 2.45) is 5.92 Å². The molecule has 1 amide bonds. The molecule has 1 N–H and O–H groups in total. The first-order chi connectivity index (χ1) is 8.97. The molecule has 0 saturated heterocycles. The van der Waals surface area contributed by atoms with Gasteiger partial charge in [-0.25, -0.2) is 0 Å². The van der Waals surface area contributed by atoms with Crippen LogP contribution in [0.1, 0.15) is 42.1 Å². The largest absolute Gasteiger partial charge is 0.382 e. The lowest BCUT2D eigenvalue weighted by Gasteiger charge is -2.18. The van der Waals surface area contributed by atoms with Gasteiger partial charge < -0.3 is 10.2 Å². The van der Waals surface area contributed by atoms with Crippen molar-refractivity contribution in [3.05, 3.63) is 29.3 Å². The molecule has 0 spiro atoms. The topological polar surface area (TPSA) is 32.3 Å². The minimum atomic E-state index is 0.0582. The molecule has 0 heterocycles. The summed E-state index contributed by atoms with van der Waals surface area (Å²) in [5.41, 5.74) is 3.06. The molecule has 1 aliphatic rings. The highest BCUT2D eigenvalue weighted by molar-refractivity contribution is 5.95. The van der Waals surface area contributed by atoms with Crippen molar-refractivity contribution in [1.29, 1.82) is 0 Å². The number of nitrogens with one attached hydrogen (secondary N) is 1. The van der Waals surface area contributed by atoms with E-state index in [4.69, 9.17) is 0 Å². The molecule has 1 fully saturated rings. The van der Waals surface area contributed by atoms with Crippen LogP contribution in [-0.2, 0) is 0 Å². The average molecular weight is 260 g/mol. The maximum absolute atomic E-state index is 12.0. The van der Waals surface area contributed by atoms with E-state index in [2.05, 4.69) is 19.2 Å². The molecule has 1 saturated carbocycles. The lowest BCUT2D eigenvalue weighted by Crippen LogP contribution is -2.22. The van der Waals surface area contributed by atoms with Gasteiger partial charge in [0.25, 0.3) is 5.91 Å². The second-order valence-corrected chi connectivity index (χ2v) is 5.99. The van der Waals surface area contributed by atoms with Gasteiger partial charge in [0, 0.05) is 31.4 Å². The van der Waals surface area contributed by atoms with Gasteiger partial charge in [0.15, 0.2) is 0 Å². The highest BCUT2D eigenvalue weighted by Gasteiger charge is 2.21. The molecule has 2 atom stereocenters. The van der Waals surface area contributed by atoms with Crippen LogP contribution in [0.4, 0.5) is 5.69 Å². The number of carbonyl (C=O) groups is 1. The molecule has 2 rings (SSSR count). The smallest absolute Gasteiger partial charge is 0.253 e. The van der Waals surface area contributed by atoms with Gasteiger partial charge in [0.1, 0.15) is 0 Å². The monoisotopic (exact) mass is 260 g/mol. The molecule has 3 nitrogen and oxygen atoms in total. The molecule has 1 aliphatic carbocycles. The summed E-state index contributed by atoms with van der Waals surface area (Å²) in [6.07, 6.45) is 3.75. The minimum absolute atomic E-state index is 0.0582. The Balaban J connectivity index is 2.15. The number of nitrogens with zero attached hydrogens (tertiary/aromatic N) is 1. The third-order valence-electron chi connectivity index (χ3n) is 3.95. The zero-order valence-corrected chi connectivity index (χ0v) is 12.4. The quantitative estimate of drug-likeness (QED) is 0.904. The van der Waals surface area contributed by atoms with Crippen molar-refractivity contribution in [3.8, 4) is 0 Å². The van der Waals surface area contributed by atoms with Crippen molar-refractivity contribution in [1.82, 2.24) is 4.90 Å². The molecule has 0 radical (unpaired) electrons. The number of carbonyl (C=O) groups excluding carboxylic acids is 1. The van der Waals surface area contributed by atoms with E-state index in [9.17, 15) is 4.79 Å². The first-order valence-electron chi connectivity index (χ1n) is 7.06. The minimum Gasteiger partial charge on any atom is -0.382 e. The molecule has 104 valence electrons. The van der Waals surface area contributed by atoms with Crippen LogP contribution in [0.5, 0.6) is 0 Å². The van der Waals surface area contributed by atoms with Crippen molar-refractivity contribution in [3.63, 3.8) is 0 Å². The van der Waals surface area contributed by atoms with E-state index in [1.807, 2.05) is 18.2 Å².